The predicted octanol–water partition coefficient (Wildman–Crippen LogP) is 2.03. The molecule has 0 aliphatic rings. The summed E-state index contributed by atoms with van der Waals surface area (Å²) < 4.78 is 0. The van der Waals surface area contributed by atoms with Crippen LogP contribution in [0.1, 0.15) is 5.69 Å². The number of nitrogens with zero attached hydrogens (tertiary/aromatic N) is 4. The zero-order valence-electron chi connectivity index (χ0n) is 9.61. The minimum atomic E-state index is 0.602. The first-order valence-electron chi connectivity index (χ1n) is 5.63. The molecule has 0 atom stereocenters. The van der Waals surface area contributed by atoms with Gasteiger partial charge in [0.2, 0.25) is 0 Å². The Balaban J connectivity index is 1.87. The first-order valence-corrected chi connectivity index (χ1v) is 5.63. The van der Waals surface area contributed by atoms with Crippen molar-refractivity contribution in [1.29, 1.82) is 0 Å². The number of hydrogen-bond acceptors (Lipinski definition) is 5. The highest BCUT2D eigenvalue weighted by Gasteiger charge is 2.02. The van der Waals surface area contributed by atoms with Gasteiger partial charge in [-0.1, -0.05) is 24.3 Å². The summed E-state index contributed by atoms with van der Waals surface area (Å²) in [4.78, 5) is 8.04. The zero-order chi connectivity index (χ0) is 12.2. The average Bonchev–Trinajstić information content (AvgIpc) is 2.46. The molecule has 0 fully saturated rings. The van der Waals surface area contributed by atoms with Gasteiger partial charge < -0.3 is 5.32 Å². The lowest BCUT2D eigenvalue weighted by molar-refractivity contribution is 0.973. The molecule has 0 spiro atoms. The molecule has 88 valence electrons. The van der Waals surface area contributed by atoms with Crippen LogP contribution >= 0.6 is 0 Å². The first kappa shape index (κ1) is 10.6. The van der Waals surface area contributed by atoms with Crippen LogP contribution < -0.4 is 5.32 Å². The second-order valence-corrected chi connectivity index (χ2v) is 3.83. The van der Waals surface area contributed by atoms with Gasteiger partial charge in [0.15, 0.2) is 5.82 Å². The summed E-state index contributed by atoms with van der Waals surface area (Å²) in [6.07, 6.45) is 5.01. The maximum Gasteiger partial charge on any atom is 0.156 e. The molecule has 0 bridgehead atoms. The molecule has 0 aliphatic heterocycles. The van der Waals surface area contributed by atoms with Crippen LogP contribution in [-0.2, 0) is 6.54 Å². The van der Waals surface area contributed by atoms with Crippen LogP contribution in [0.25, 0.3) is 10.8 Å². The van der Waals surface area contributed by atoms with Gasteiger partial charge in [-0.25, -0.2) is 9.97 Å². The Morgan fingerprint density at radius 3 is 2.94 bits per heavy atom. The highest BCUT2D eigenvalue weighted by atomic mass is 15.2. The second-order valence-electron chi connectivity index (χ2n) is 3.83. The Hall–Kier alpha value is -2.56. The SMILES string of the molecule is c1ccc2c(NCc3ccncn3)nncc2c1. The molecule has 0 aliphatic carbocycles. The van der Waals surface area contributed by atoms with E-state index >= 15 is 0 Å². The van der Waals surface area contributed by atoms with E-state index in [1.54, 1.807) is 12.4 Å². The van der Waals surface area contributed by atoms with Crippen LogP contribution in [0.4, 0.5) is 5.82 Å². The van der Waals surface area contributed by atoms with E-state index in [1.165, 1.54) is 6.33 Å². The van der Waals surface area contributed by atoms with Crippen LogP contribution in [0, 0.1) is 0 Å². The van der Waals surface area contributed by atoms with Crippen LogP contribution in [-0.4, -0.2) is 20.2 Å². The third kappa shape index (κ3) is 2.10. The number of aromatic nitrogens is 4. The lowest BCUT2D eigenvalue weighted by Gasteiger charge is -2.06. The van der Waals surface area contributed by atoms with Crippen LogP contribution in [0.15, 0.2) is 49.1 Å². The molecular weight excluding hydrogens is 226 g/mol. The van der Waals surface area contributed by atoms with Crippen LogP contribution in [0.2, 0.25) is 0 Å². The van der Waals surface area contributed by atoms with Crippen molar-refractivity contribution < 1.29 is 0 Å². The highest BCUT2D eigenvalue weighted by molar-refractivity contribution is 5.90. The van der Waals surface area contributed by atoms with E-state index < -0.39 is 0 Å². The third-order valence-corrected chi connectivity index (χ3v) is 2.65. The molecule has 3 aromatic rings. The molecule has 0 saturated carbocycles. The van der Waals surface area contributed by atoms with Gasteiger partial charge >= 0.3 is 0 Å². The largest absolute Gasteiger partial charge is 0.362 e. The minimum absolute atomic E-state index is 0.602. The first-order chi connectivity index (χ1) is 8.93. The standard InChI is InChI=1S/C13H11N5/c1-2-4-12-10(3-1)7-17-18-13(12)15-8-11-5-6-14-9-16-11/h1-7,9H,8H2,(H,15,18). The monoisotopic (exact) mass is 237 g/mol. The summed E-state index contributed by atoms with van der Waals surface area (Å²) in [7, 11) is 0. The van der Waals surface area contributed by atoms with E-state index in [-0.39, 0.29) is 0 Å². The van der Waals surface area contributed by atoms with Crippen LogP contribution in [0.3, 0.4) is 0 Å². The Labute approximate surface area is 104 Å². The molecule has 0 amide bonds. The Morgan fingerprint density at radius 1 is 1.11 bits per heavy atom. The molecule has 2 heterocycles. The molecular formula is C13H11N5. The van der Waals surface area contributed by atoms with Gasteiger partial charge in [-0.05, 0) is 6.07 Å². The second kappa shape index (κ2) is 4.75. The summed E-state index contributed by atoms with van der Waals surface area (Å²) >= 11 is 0. The van der Waals surface area contributed by atoms with E-state index in [1.807, 2.05) is 30.3 Å². The fourth-order valence-corrected chi connectivity index (χ4v) is 1.76. The molecule has 0 unspecified atom stereocenters. The van der Waals surface area contributed by atoms with E-state index in [9.17, 15) is 0 Å². The van der Waals surface area contributed by atoms with E-state index in [4.69, 9.17) is 0 Å². The van der Waals surface area contributed by atoms with Crippen molar-refractivity contribution >= 4 is 16.6 Å². The number of fused-ring (bicyclic) bond motifs is 1. The summed E-state index contributed by atoms with van der Waals surface area (Å²) in [5.74, 6) is 0.770. The van der Waals surface area contributed by atoms with Crippen molar-refractivity contribution in [3.8, 4) is 0 Å². The van der Waals surface area contributed by atoms with Crippen molar-refractivity contribution in [2.45, 2.75) is 6.54 Å². The molecule has 3 rings (SSSR count). The molecule has 0 radical (unpaired) electrons. The number of hydrogen-bond donors (Lipinski definition) is 1. The lowest BCUT2D eigenvalue weighted by Crippen LogP contribution is -2.04. The van der Waals surface area contributed by atoms with Gasteiger partial charge in [-0.3, -0.25) is 0 Å². The number of anilines is 1. The van der Waals surface area contributed by atoms with Gasteiger partial charge in [0.05, 0.1) is 18.4 Å². The summed E-state index contributed by atoms with van der Waals surface area (Å²) in [6, 6.07) is 9.87. The van der Waals surface area contributed by atoms with Gasteiger partial charge in [0.25, 0.3) is 0 Å². The van der Waals surface area contributed by atoms with Gasteiger partial charge in [-0.15, -0.1) is 5.10 Å². The molecule has 5 nitrogen and oxygen atoms in total. The zero-order valence-corrected chi connectivity index (χ0v) is 9.61. The fraction of sp³-hybridized carbons (Fsp3) is 0.0769. The van der Waals surface area contributed by atoms with Gasteiger partial charge in [-0.2, -0.15) is 5.10 Å². The predicted molar refractivity (Wildman–Crippen MR) is 68.9 cm³/mol. The molecule has 5 heteroatoms. The molecule has 1 aromatic carbocycles. The minimum Gasteiger partial charge on any atom is -0.362 e. The smallest absolute Gasteiger partial charge is 0.156 e. The third-order valence-electron chi connectivity index (χ3n) is 2.65. The van der Waals surface area contributed by atoms with Crippen molar-refractivity contribution in [3.63, 3.8) is 0 Å². The molecule has 18 heavy (non-hydrogen) atoms. The Bertz CT molecular complexity index is 648. The fourth-order valence-electron chi connectivity index (χ4n) is 1.76. The van der Waals surface area contributed by atoms with Crippen molar-refractivity contribution in [1.82, 2.24) is 20.2 Å². The highest BCUT2D eigenvalue weighted by Crippen LogP contribution is 2.19. The summed E-state index contributed by atoms with van der Waals surface area (Å²) in [5, 5.41) is 13.5. The topological polar surface area (TPSA) is 63.6 Å². The van der Waals surface area contributed by atoms with E-state index in [0.717, 1.165) is 22.3 Å². The van der Waals surface area contributed by atoms with Crippen molar-refractivity contribution in [2.24, 2.45) is 0 Å². The summed E-state index contributed by atoms with van der Waals surface area (Å²) in [5.41, 5.74) is 0.916. The average molecular weight is 237 g/mol. The molecule has 1 N–H and O–H groups in total. The maximum atomic E-state index is 4.15. The number of benzene rings is 1. The Kier molecular flexibility index (Phi) is 2.79. The molecule has 2 aromatic heterocycles. The van der Waals surface area contributed by atoms with Crippen molar-refractivity contribution in [2.75, 3.05) is 5.32 Å². The van der Waals surface area contributed by atoms with Gasteiger partial charge in [0.1, 0.15) is 6.33 Å². The lowest BCUT2D eigenvalue weighted by atomic mass is 10.2. The number of rotatable bonds is 3. The maximum absolute atomic E-state index is 4.15. The number of nitrogens with one attached hydrogen (secondary N) is 1. The van der Waals surface area contributed by atoms with Gasteiger partial charge in [0, 0.05) is 17.0 Å². The summed E-state index contributed by atoms with van der Waals surface area (Å²) in [6.45, 7) is 0.602. The quantitative estimate of drug-likeness (QED) is 0.755. The Morgan fingerprint density at radius 2 is 2.06 bits per heavy atom. The molecule has 0 saturated heterocycles. The van der Waals surface area contributed by atoms with E-state index in [0.29, 0.717) is 6.54 Å². The van der Waals surface area contributed by atoms with Crippen LogP contribution in [0.5, 0.6) is 0 Å². The van der Waals surface area contributed by atoms with Crippen molar-refractivity contribution in [3.05, 3.63) is 54.7 Å². The van der Waals surface area contributed by atoms with E-state index in [2.05, 4.69) is 25.5 Å². The normalized spacial score (nSPS) is 10.4.